The molecule has 0 spiro atoms. The van der Waals surface area contributed by atoms with Gasteiger partial charge in [-0.05, 0) is 29.9 Å². The molecule has 1 aromatic carbocycles. The van der Waals surface area contributed by atoms with E-state index in [0.717, 1.165) is 22.2 Å². The molecule has 0 atom stereocenters. The van der Waals surface area contributed by atoms with Crippen molar-refractivity contribution in [2.45, 2.75) is 4.90 Å². The Labute approximate surface area is 115 Å². The summed E-state index contributed by atoms with van der Waals surface area (Å²) < 4.78 is 9.71. The summed E-state index contributed by atoms with van der Waals surface area (Å²) >= 11 is 2.99. The van der Waals surface area contributed by atoms with Gasteiger partial charge in [-0.3, -0.25) is 0 Å². The van der Waals surface area contributed by atoms with Crippen molar-refractivity contribution < 1.29 is 4.74 Å². The van der Waals surface area contributed by atoms with Gasteiger partial charge >= 0.3 is 0 Å². The van der Waals surface area contributed by atoms with Crippen molar-refractivity contribution in [1.82, 2.24) is 4.37 Å². The standard InChI is InChI=1S/C12H15N3OS2/c1-17-10-11(13)15-18-12(10)14-7-8-16-9-5-3-2-4-6-9/h2-6,14H,7-8H2,1H3,(H2,13,15). The van der Waals surface area contributed by atoms with E-state index < -0.39 is 0 Å². The topological polar surface area (TPSA) is 60.2 Å². The number of nitrogens with two attached hydrogens (primary N) is 1. The third-order valence-corrected chi connectivity index (χ3v) is 4.05. The molecule has 18 heavy (non-hydrogen) atoms. The predicted octanol–water partition coefficient (Wildman–Crippen LogP) is 2.94. The summed E-state index contributed by atoms with van der Waals surface area (Å²) in [6.45, 7) is 1.33. The second-order valence-electron chi connectivity index (χ2n) is 3.52. The average Bonchev–Trinajstić information content (AvgIpc) is 2.76. The van der Waals surface area contributed by atoms with Crippen molar-refractivity contribution in [3.05, 3.63) is 30.3 Å². The van der Waals surface area contributed by atoms with Gasteiger partial charge in [0.1, 0.15) is 17.4 Å². The quantitative estimate of drug-likeness (QED) is 0.630. The Morgan fingerprint density at radius 2 is 2.17 bits per heavy atom. The first-order valence-corrected chi connectivity index (χ1v) is 7.52. The molecule has 2 aromatic rings. The first kappa shape index (κ1) is 13.0. The van der Waals surface area contributed by atoms with Crippen LogP contribution in [0.2, 0.25) is 0 Å². The van der Waals surface area contributed by atoms with Crippen LogP contribution in [-0.4, -0.2) is 23.8 Å². The number of ether oxygens (including phenoxy) is 1. The summed E-state index contributed by atoms with van der Waals surface area (Å²) in [5.41, 5.74) is 5.75. The highest BCUT2D eigenvalue weighted by atomic mass is 32.2. The van der Waals surface area contributed by atoms with E-state index in [0.29, 0.717) is 12.4 Å². The summed E-state index contributed by atoms with van der Waals surface area (Å²) in [6, 6.07) is 9.77. The van der Waals surface area contributed by atoms with E-state index in [9.17, 15) is 0 Å². The van der Waals surface area contributed by atoms with E-state index >= 15 is 0 Å². The summed E-state index contributed by atoms with van der Waals surface area (Å²) in [4.78, 5) is 1.01. The minimum absolute atomic E-state index is 0.596. The molecule has 4 nitrogen and oxygen atoms in total. The molecule has 0 aliphatic carbocycles. The van der Waals surface area contributed by atoms with Crippen LogP contribution in [0.1, 0.15) is 0 Å². The number of aromatic nitrogens is 1. The number of hydrogen-bond acceptors (Lipinski definition) is 6. The second-order valence-corrected chi connectivity index (χ2v) is 5.11. The number of nitrogen functional groups attached to an aromatic ring is 1. The zero-order valence-electron chi connectivity index (χ0n) is 10.1. The van der Waals surface area contributed by atoms with Gasteiger partial charge in [0.25, 0.3) is 0 Å². The molecule has 0 radical (unpaired) electrons. The van der Waals surface area contributed by atoms with Crippen LogP contribution in [0.5, 0.6) is 5.75 Å². The first-order valence-electron chi connectivity index (χ1n) is 5.52. The summed E-state index contributed by atoms with van der Waals surface area (Å²) in [7, 11) is 0. The Morgan fingerprint density at radius 3 is 2.89 bits per heavy atom. The van der Waals surface area contributed by atoms with Gasteiger partial charge in [-0.15, -0.1) is 11.8 Å². The Hall–Kier alpha value is -1.40. The maximum Gasteiger partial charge on any atom is 0.153 e. The third kappa shape index (κ3) is 3.30. The third-order valence-electron chi connectivity index (χ3n) is 2.28. The van der Waals surface area contributed by atoms with Crippen LogP contribution in [-0.2, 0) is 0 Å². The predicted molar refractivity (Wildman–Crippen MR) is 78.7 cm³/mol. The molecule has 1 heterocycles. The lowest BCUT2D eigenvalue weighted by molar-refractivity contribution is 0.333. The molecule has 0 unspecified atom stereocenters. The van der Waals surface area contributed by atoms with Crippen molar-refractivity contribution in [1.29, 1.82) is 0 Å². The second kappa shape index (κ2) is 6.51. The first-order chi connectivity index (χ1) is 8.81. The molecule has 3 N–H and O–H groups in total. The van der Waals surface area contributed by atoms with E-state index in [2.05, 4.69) is 9.69 Å². The molecule has 0 bridgehead atoms. The number of nitrogens with zero attached hydrogens (tertiary/aromatic N) is 1. The summed E-state index contributed by atoms with van der Waals surface area (Å²) in [5.74, 6) is 1.48. The number of benzene rings is 1. The average molecular weight is 281 g/mol. The van der Waals surface area contributed by atoms with Crippen molar-refractivity contribution in [2.75, 3.05) is 30.5 Å². The maximum absolute atomic E-state index is 5.75. The minimum atomic E-state index is 0.596. The fourth-order valence-corrected chi connectivity index (χ4v) is 3.02. The molecule has 0 aliphatic rings. The summed E-state index contributed by atoms with van der Waals surface area (Å²) in [6.07, 6.45) is 1.99. The highest BCUT2D eigenvalue weighted by Crippen LogP contribution is 2.34. The lowest BCUT2D eigenvalue weighted by Crippen LogP contribution is -2.11. The number of anilines is 2. The van der Waals surface area contributed by atoms with Crippen LogP contribution in [0, 0.1) is 0 Å². The number of thioether (sulfide) groups is 1. The molecule has 0 aliphatic heterocycles. The number of para-hydroxylation sites is 1. The lowest BCUT2D eigenvalue weighted by Gasteiger charge is -2.07. The van der Waals surface area contributed by atoms with Gasteiger partial charge in [-0.1, -0.05) is 18.2 Å². The van der Waals surface area contributed by atoms with Crippen molar-refractivity contribution in [3.8, 4) is 5.75 Å². The molecule has 0 fully saturated rings. The Balaban J connectivity index is 1.78. The van der Waals surface area contributed by atoms with Crippen molar-refractivity contribution in [3.63, 3.8) is 0 Å². The smallest absolute Gasteiger partial charge is 0.153 e. The zero-order valence-corrected chi connectivity index (χ0v) is 11.7. The SMILES string of the molecule is CSc1c(N)nsc1NCCOc1ccccc1. The highest BCUT2D eigenvalue weighted by Gasteiger charge is 2.09. The van der Waals surface area contributed by atoms with Gasteiger partial charge in [0.05, 0.1) is 4.90 Å². The largest absolute Gasteiger partial charge is 0.492 e. The monoisotopic (exact) mass is 281 g/mol. The van der Waals surface area contributed by atoms with E-state index in [1.165, 1.54) is 11.5 Å². The van der Waals surface area contributed by atoms with Crippen LogP contribution >= 0.6 is 23.3 Å². The van der Waals surface area contributed by atoms with E-state index in [1.807, 2.05) is 36.6 Å². The van der Waals surface area contributed by atoms with Crippen molar-refractivity contribution in [2.24, 2.45) is 0 Å². The minimum Gasteiger partial charge on any atom is -0.492 e. The Kier molecular flexibility index (Phi) is 4.72. The number of hydrogen-bond donors (Lipinski definition) is 2. The number of nitrogens with one attached hydrogen (secondary N) is 1. The maximum atomic E-state index is 5.75. The fourth-order valence-electron chi connectivity index (χ4n) is 1.45. The van der Waals surface area contributed by atoms with Gasteiger partial charge in [0, 0.05) is 6.54 Å². The van der Waals surface area contributed by atoms with Gasteiger partial charge < -0.3 is 15.8 Å². The van der Waals surface area contributed by atoms with E-state index in [-0.39, 0.29) is 0 Å². The van der Waals surface area contributed by atoms with Gasteiger partial charge in [-0.25, -0.2) is 0 Å². The molecular weight excluding hydrogens is 266 g/mol. The molecule has 0 amide bonds. The summed E-state index contributed by atoms with van der Waals surface area (Å²) in [5, 5.41) is 4.30. The molecule has 0 saturated carbocycles. The van der Waals surface area contributed by atoms with Crippen LogP contribution in [0.25, 0.3) is 0 Å². The van der Waals surface area contributed by atoms with E-state index in [1.54, 1.807) is 11.8 Å². The number of rotatable bonds is 6. The molecule has 96 valence electrons. The van der Waals surface area contributed by atoms with Crippen LogP contribution in [0.4, 0.5) is 10.8 Å². The normalized spacial score (nSPS) is 10.3. The van der Waals surface area contributed by atoms with Gasteiger partial charge in [-0.2, -0.15) is 4.37 Å². The van der Waals surface area contributed by atoms with Gasteiger partial charge in [0.2, 0.25) is 0 Å². The van der Waals surface area contributed by atoms with Crippen LogP contribution in [0.15, 0.2) is 35.2 Å². The molecule has 6 heteroatoms. The molecular formula is C12H15N3OS2. The lowest BCUT2D eigenvalue weighted by atomic mass is 10.3. The fraction of sp³-hybridized carbons (Fsp3) is 0.250. The van der Waals surface area contributed by atoms with Crippen LogP contribution < -0.4 is 15.8 Å². The van der Waals surface area contributed by atoms with Gasteiger partial charge in [0.15, 0.2) is 5.82 Å². The van der Waals surface area contributed by atoms with E-state index in [4.69, 9.17) is 10.5 Å². The molecule has 2 rings (SSSR count). The Morgan fingerprint density at radius 1 is 1.39 bits per heavy atom. The molecule has 0 saturated heterocycles. The highest BCUT2D eigenvalue weighted by molar-refractivity contribution is 7.99. The van der Waals surface area contributed by atoms with Crippen molar-refractivity contribution >= 4 is 34.1 Å². The zero-order chi connectivity index (χ0) is 12.8. The molecule has 1 aromatic heterocycles. The van der Waals surface area contributed by atoms with Crippen LogP contribution in [0.3, 0.4) is 0 Å². The Bertz CT molecular complexity index is 487.